The molecule has 45 heavy (non-hydrogen) atoms. The quantitative estimate of drug-likeness (QED) is 0.409. The molecule has 2 fully saturated rings. The van der Waals surface area contributed by atoms with Crippen molar-refractivity contribution < 1.29 is 42.0 Å². The van der Waals surface area contributed by atoms with E-state index in [1.807, 2.05) is 30.3 Å². The number of hydrogen-bond donors (Lipinski definition) is 2. The third-order valence-electron chi connectivity index (χ3n) is 8.44. The summed E-state index contributed by atoms with van der Waals surface area (Å²) >= 11 is 0. The van der Waals surface area contributed by atoms with Gasteiger partial charge in [0.05, 0.1) is 45.0 Å². The number of nitrogens with one attached hydrogen (secondary N) is 1. The summed E-state index contributed by atoms with van der Waals surface area (Å²) in [4.78, 5) is 13.1. The van der Waals surface area contributed by atoms with E-state index in [1.165, 1.54) is 17.5 Å². The molecule has 0 aliphatic carbocycles. The SMILES string of the molecule is COc1ccc2c(c1)OCCCC/C=C\CCCN(C[C@@H](O)[C@H](Cc1ccccc1)NC(=O)O[C@H]1COC3OCCC31)S2(=O)=O. The van der Waals surface area contributed by atoms with Crippen molar-refractivity contribution in [1.82, 2.24) is 9.62 Å². The lowest BCUT2D eigenvalue weighted by molar-refractivity contribution is -0.0907. The summed E-state index contributed by atoms with van der Waals surface area (Å²) in [5, 5.41) is 14.5. The molecule has 11 nitrogen and oxygen atoms in total. The Labute approximate surface area is 265 Å². The summed E-state index contributed by atoms with van der Waals surface area (Å²) in [5.74, 6) is 0.648. The van der Waals surface area contributed by atoms with Gasteiger partial charge in [-0.05, 0) is 62.6 Å². The van der Waals surface area contributed by atoms with E-state index in [0.717, 1.165) is 31.2 Å². The number of aliphatic hydroxyl groups is 1. The van der Waals surface area contributed by atoms with Crippen molar-refractivity contribution in [3.05, 3.63) is 66.2 Å². The molecule has 2 aromatic carbocycles. The predicted octanol–water partition coefficient (Wildman–Crippen LogP) is 4.04. The minimum absolute atomic E-state index is 0.00431. The Balaban J connectivity index is 1.37. The molecule has 2 unspecified atom stereocenters. The van der Waals surface area contributed by atoms with Crippen molar-refractivity contribution in [2.75, 3.05) is 40.0 Å². The standard InChI is InChI=1S/C33H44N2O9S/c1-40-25-14-15-31-29(21-25)41-18-11-6-4-2-3-5-10-17-35(45(31,38)39)22-28(36)27(20-24-12-8-7-9-13-24)34-33(37)44-30-23-43-32-26(30)16-19-42-32/h2-3,7-9,12-15,21,26-28,30,32,36H,4-6,10-11,16-20,22-23H2,1H3,(H,34,37)/b3-2-/t26?,27-,28+,30-,32?/m0/s1. The maximum Gasteiger partial charge on any atom is 0.407 e. The fraction of sp³-hybridized carbons (Fsp3) is 0.545. The second-order valence-electron chi connectivity index (χ2n) is 11.6. The Morgan fingerprint density at radius 3 is 2.67 bits per heavy atom. The Morgan fingerprint density at radius 1 is 1.07 bits per heavy atom. The van der Waals surface area contributed by atoms with Gasteiger partial charge in [-0.15, -0.1) is 0 Å². The third-order valence-corrected chi connectivity index (χ3v) is 10.3. The summed E-state index contributed by atoms with van der Waals surface area (Å²) in [7, 11) is -2.61. The summed E-state index contributed by atoms with van der Waals surface area (Å²) in [5.41, 5.74) is 0.871. The number of β-amino-alcohol motifs (C(OH)–C–C–N with tert-alkyl or cyclic N) is 1. The molecular formula is C33H44N2O9S. The lowest BCUT2D eigenvalue weighted by atomic mass is 10.0. The largest absolute Gasteiger partial charge is 0.497 e. The van der Waals surface area contributed by atoms with E-state index in [4.69, 9.17) is 23.7 Å². The zero-order valence-electron chi connectivity index (χ0n) is 25.7. The summed E-state index contributed by atoms with van der Waals surface area (Å²) in [6.07, 6.45) is 6.25. The van der Waals surface area contributed by atoms with E-state index in [2.05, 4.69) is 17.5 Å². The lowest BCUT2D eigenvalue weighted by Gasteiger charge is -2.30. The molecule has 2 saturated heterocycles. The van der Waals surface area contributed by atoms with Crippen LogP contribution in [0.25, 0.3) is 0 Å². The topological polar surface area (TPSA) is 133 Å². The molecule has 1 amide bonds. The molecule has 5 rings (SSSR count). The molecule has 0 saturated carbocycles. The number of allylic oxidation sites excluding steroid dienone is 2. The molecule has 0 bridgehead atoms. The van der Waals surface area contributed by atoms with Crippen molar-refractivity contribution in [1.29, 1.82) is 0 Å². The lowest BCUT2D eigenvalue weighted by Crippen LogP contribution is -2.51. The number of fused-ring (bicyclic) bond motifs is 2. The van der Waals surface area contributed by atoms with Crippen LogP contribution in [0.5, 0.6) is 11.5 Å². The summed E-state index contributed by atoms with van der Waals surface area (Å²) in [6, 6.07) is 13.2. The van der Waals surface area contributed by atoms with Gasteiger partial charge in [0.2, 0.25) is 10.0 Å². The van der Waals surface area contributed by atoms with Gasteiger partial charge in [0.15, 0.2) is 6.29 Å². The van der Waals surface area contributed by atoms with E-state index < -0.39 is 34.4 Å². The van der Waals surface area contributed by atoms with Crippen LogP contribution in [-0.2, 0) is 30.7 Å². The monoisotopic (exact) mass is 644 g/mol. The van der Waals surface area contributed by atoms with Crippen LogP contribution in [0, 0.1) is 5.92 Å². The van der Waals surface area contributed by atoms with Crippen LogP contribution in [0.1, 0.15) is 44.1 Å². The Morgan fingerprint density at radius 2 is 1.87 bits per heavy atom. The highest BCUT2D eigenvalue weighted by molar-refractivity contribution is 7.89. The average Bonchev–Trinajstić information content (AvgIpc) is 3.66. The van der Waals surface area contributed by atoms with Gasteiger partial charge < -0.3 is 34.1 Å². The number of sulfonamides is 1. The first-order valence-corrected chi connectivity index (χ1v) is 17.2. The van der Waals surface area contributed by atoms with Crippen LogP contribution in [0.2, 0.25) is 0 Å². The van der Waals surface area contributed by atoms with Crippen molar-refractivity contribution in [3.8, 4) is 11.5 Å². The number of rotatable bonds is 8. The third kappa shape index (κ3) is 8.76. The summed E-state index contributed by atoms with van der Waals surface area (Å²) in [6.45, 7) is 1.06. The molecule has 2 N–H and O–H groups in total. The van der Waals surface area contributed by atoms with Gasteiger partial charge in [-0.2, -0.15) is 4.31 Å². The van der Waals surface area contributed by atoms with Crippen molar-refractivity contribution in [3.63, 3.8) is 0 Å². The normalized spacial score (nSPS) is 25.9. The first-order valence-electron chi connectivity index (χ1n) is 15.7. The number of aliphatic hydroxyl groups excluding tert-OH is 1. The minimum atomic E-state index is -4.12. The number of alkyl carbamates (subject to hydrolysis) is 1. The highest BCUT2D eigenvalue weighted by atomic mass is 32.2. The maximum absolute atomic E-state index is 14.2. The molecule has 5 atom stereocenters. The number of methoxy groups -OCH3 is 1. The van der Waals surface area contributed by atoms with Gasteiger partial charge >= 0.3 is 6.09 Å². The number of nitrogens with zero attached hydrogens (tertiary/aromatic N) is 1. The fourth-order valence-corrected chi connectivity index (χ4v) is 7.52. The predicted molar refractivity (Wildman–Crippen MR) is 167 cm³/mol. The average molecular weight is 645 g/mol. The smallest absolute Gasteiger partial charge is 0.407 e. The maximum atomic E-state index is 14.2. The zero-order chi connectivity index (χ0) is 31.6. The highest BCUT2D eigenvalue weighted by Crippen LogP contribution is 2.34. The molecule has 0 aromatic heterocycles. The van der Waals surface area contributed by atoms with E-state index in [1.54, 1.807) is 12.1 Å². The Kier molecular flexibility index (Phi) is 11.7. The minimum Gasteiger partial charge on any atom is -0.497 e. The van der Waals surface area contributed by atoms with Crippen LogP contribution in [0.4, 0.5) is 4.79 Å². The van der Waals surface area contributed by atoms with E-state index in [9.17, 15) is 18.3 Å². The van der Waals surface area contributed by atoms with Crippen LogP contribution in [-0.4, -0.2) is 88.5 Å². The molecule has 0 spiro atoms. The van der Waals surface area contributed by atoms with Crippen LogP contribution < -0.4 is 14.8 Å². The molecule has 3 heterocycles. The second kappa shape index (κ2) is 15.9. The van der Waals surface area contributed by atoms with E-state index in [-0.39, 0.29) is 49.0 Å². The van der Waals surface area contributed by atoms with Crippen LogP contribution in [0.3, 0.4) is 0 Å². The number of amides is 1. The second-order valence-corrected chi connectivity index (χ2v) is 13.5. The van der Waals surface area contributed by atoms with Gasteiger partial charge in [-0.25, -0.2) is 13.2 Å². The van der Waals surface area contributed by atoms with Gasteiger partial charge in [0.25, 0.3) is 0 Å². The Bertz CT molecular complexity index is 1390. The Hall–Kier alpha value is -3.16. The van der Waals surface area contributed by atoms with Crippen molar-refractivity contribution in [2.45, 2.75) is 74.4 Å². The van der Waals surface area contributed by atoms with E-state index >= 15 is 0 Å². The van der Waals surface area contributed by atoms with Gasteiger partial charge in [-0.1, -0.05) is 42.5 Å². The molecule has 3 aliphatic heterocycles. The highest BCUT2D eigenvalue weighted by Gasteiger charge is 2.44. The molecular weight excluding hydrogens is 600 g/mol. The van der Waals surface area contributed by atoms with Crippen molar-refractivity contribution in [2.24, 2.45) is 5.92 Å². The van der Waals surface area contributed by atoms with Gasteiger partial charge in [0.1, 0.15) is 22.5 Å². The number of carbonyl (C=O) groups excluding carboxylic acids is 1. The van der Waals surface area contributed by atoms with Crippen molar-refractivity contribution >= 4 is 16.1 Å². The number of carbonyl (C=O) groups is 1. The molecule has 3 aliphatic rings. The zero-order valence-corrected chi connectivity index (χ0v) is 26.5. The molecule has 12 heteroatoms. The summed E-state index contributed by atoms with van der Waals surface area (Å²) < 4.78 is 57.9. The molecule has 2 aromatic rings. The molecule has 0 radical (unpaired) electrons. The number of hydrogen-bond acceptors (Lipinski definition) is 9. The van der Waals surface area contributed by atoms with Gasteiger partial charge in [0, 0.05) is 19.2 Å². The van der Waals surface area contributed by atoms with Gasteiger partial charge in [-0.3, -0.25) is 0 Å². The molecule has 246 valence electrons. The van der Waals surface area contributed by atoms with Crippen LogP contribution in [0.15, 0.2) is 65.6 Å². The van der Waals surface area contributed by atoms with Crippen LogP contribution >= 0.6 is 0 Å². The fourth-order valence-electron chi connectivity index (χ4n) is 5.92. The number of benzene rings is 2. The number of ether oxygens (including phenoxy) is 5. The first kappa shape index (κ1) is 33.2. The van der Waals surface area contributed by atoms with E-state index in [0.29, 0.717) is 31.8 Å². The first-order chi connectivity index (χ1) is 21.8.